The minimum atomic E-state index is -3.70. The largest absolute Gasteiger partial charge is 0.338 e. The van der Waals surface area contributed by atoms with Gasteiger partial charge < -0.3 is 4.52 Å². The van der Waals surface area contributed by atoms with Crippen LogP contribution in [0.5, 0.6) is 0 Å². The SMILES string of the molecule is O=S(=O)(c1cccc(F)c1)N1CCN(Cc2nc(-c3cccnc3)no2)CC1. The van der Waals surface area contributed by atoms with Gasteiger partial charge in [0.2, 0.25) is 21.7 Å². The van der Waals surface area contributed by atoms with Crippen molar-refractivity contribution in [2.45, 2.75) is 11.4 Å². The van der Waals surface area contributed by atoms with Crippen molar-refractivity contribution in [3.05, 3.63) is 60.5 Å². The van der Waals surface area contributed by atoms with Crippen molar-refractivity contribution in [1.29, 1.82) is 0 Å². The number of rotatable bonds is 5. The summed E-state index contributed by atoms with van der Waals surface area (Å²) in [6.45, 7) is 2.07. The number of aromatic nitrogens is 3. The molecule has 2 aromatic heterocycles. The molecule has 0 radical (unpaired) electrons. The van der Waals surface area contributed by atoms with Crippen molar-refractivity contribution in [2.24, 2.45) is 0 Å². The molecule has 10 heteroatoms. The number of pyridine rings is 1. The number of hydrogen-bond acceptors (Lipinski definition) is 7. The van der Waals surface area contributed by atoms with E-state index in [1.54, 1.807) is 18.5 Å². The summed E-state index contributed by atoms with van der Waals surface area (Å²) in [4.78, 5) is 10.4. The van der Waals surface area contributed by atoms with Gasteiger partial charge in [-0.15, -0.1) is 0 Å². The van der Waals surface area contributed by atoms with Gasteiger partial charge in [0.1, 0.15) is 5.82 Å². The highest BCUT2D eigenvalue weighted by molar-refractivity contribution is 7.89. The molecule has 1 saturated heterocycles. The zero-order valence-electron chi connectivity index (χ0n) is 14.9. The second-order valence-electron chi connectivity index (χ2n) is 6.39. The van der Waals surface area contributed by atoms with Gasteiger partial charge in [-0.25, -0.2) is 12.8 Å². The molecule has 1 aliphatic rings. The quantitative estimate of drug-likeness (QED) is 0.641. The standard InChI is InChI=1S/C18H18FN5O3S/c19-15-4-1-5-16(11-15)28(25,26)24-9-7-23(8-10-24)13-17-21-18(22-27-17)14-3-2-6-20-12-14/h1-6,11-12H,7-10,13H2. The highest BCUT2D eigenvalue weighted by Gasteiger charge is 2.29. The van der Waals surface area contributed by atoms with Crippen LogP contribution in [0.1, 0.15) is 5.89 Å². The minimum Gasteiger partial charge on any atom is -0.338 e. The molecular formula is C18H18FN5O3S. The molecule has 1 fully saturated rings. The zero-order valence-corrected chi connectivity index (χ0v) is 15.7. The molecule has 0 bridgehead atoms. The lowest BCUT2D eigenvalue weighted by molar-refractivity contribution is 0.163. The summed E-state index contributed by atoms with van der Waals surface area (Å²) in [6, 6.07) is 8.71. The molecule has 0 atom stereocenters. The van der Waals surface area contributed by atoms with Crippen LogP contribution in [-0.2, 0) is 16.6 Å². The first-order valence-corrected chi connectivity index (χ1v) is 10.2. The Morgan fingerprint density at radius 2 is 1.93 bits per heavy atom. The van der Waals surface area contributed by atoms with Gasteiger partial charge in [0, 0.05) is 44.1 Å². The van der Waals surface area contributed by atoms with Gasteiger partial charge in [0.15, 0.2) is 0 Å². The predicted octanol–water partition coefficient (Wildman–Crippen LogP) is 1.78. The summed E-state index contributed by atoms with van der Waals surface area (Å²) in [5.74, 6) is 0.358. The summed E-state index contributed by atoms with van der Waals surface area (Å²) in [7, 11) is -3.70. The van der Waals surface area contributed by atoms with Crippen LogP contribution >= 0.6 is 0 Å². The second-order valence-corrected chi connectivity index (χ2v) is 8.33. The molecule has 0 unspecified atom stereocenters. The topological polar surface area (TPSA) is 92.4 Å². The number of hydrogen-bond donors (Lipinski definition) is 0. The van der Waals surface area contributed by atoms with Gasteiger partial charge in [0.05, 0.1) is 11.4 Å². The van der Waals surface area contributed by atoms with Gasteiger partial charge in [0.25, 0.3) is 0 Å². The van der Waals surface area contributed by atoms with Crippen LogP contribution in [0.15, 0.2) is 58.2 Å². The Labute approximate surface area is 161 Å². The van der Waals surface area contributed by atoms with E-state index in [0.717, 1.165) is 11.6 Å². The first kappa shape index (κ1) is 18.7. The highest BCUT2D eigenvalue weighted by atomic mass is 32.2. The lowest BCUT2D eigenvalue weighted by Crippen LogP contribution is -2.48. The molecule has 146 valence electrons. The minimum absolute atomic E-state index is 0.0287. The van der Waals surface area contributed by atoms with Gasteiger partial charge >= 0.3 is 0 Å². The predicted molar refractivity (Wildman–Crippen MR) is 98.0 cm³/mol. The van der Waals surface area contributed by atoms with Crippen LogP contribution in [-0.4, -0.2) is 58.9 Å². The molecule has 4 rings (SSSR count). The molecule has 3 aromatic rings. The van der Waals surface area contributed by atoms with E-state index in [-0.39, 0.29) is 4.90 Å². The molecular weight excluding hydrogens is 385 g/mol. The third-order valence-corrected chi connectivity index (χ3v) is 6.41. The fourth-order valence-electron chi connectivity index (χ4n) is 3.03. The maximum Gasteiger partial charge on any atom is 0.243 e. The van der Waals surface area contributed by atoms with E-state index in [2.05, 4.69) is 15.1 Å². The Bertz CT molecular complexity index is 1050. The number of benzene rings is 1. The van der Waals surface area contributed by atoms with Crippen molar-refractivity contribution in [3.8, 4) is 11.4 Å². The van der Waals surface area contributed by atoms with Crippen LogP contribution < -0.4 is 0 Å². The van der Waals surface area contributed by atoms with Crippen molar-refractivity contribution in [1.82, 2.24) is 24.3 Å². The van der Waals surface area contributed by atoms with E-state index < -0.39 is 15.8 Å². The molecule has 8 nitrogen and oxygen atoms in total. The Morgan fingerprint density at radius 3 is 2.64 bits per heavy atom. The van der Waals surface area contributed by atoms with Crippen molar-refractivity contribution < 1.29 is 17.3 Å². The maximum atomic E-state index is 13.4. The summed E-state index contributed by atoms with van der Waals surface area (Å²) in [6.07, 6.45) is 3.33. The number of halogens is 1. The van der Waals surface area contributed by atoms with Crippen LogP contribution in [0.4, 0.5) is 4.39 Å². The van der Waals surface area contributed by atoms with E-state index >= 15 is 0 Å². The number of piperazine rings is 1. The molecule has 0 N–H and O–H groups in total. The number of sulfonamides is 1. The first-order valence-electron chi connectivity index (χ1n) is 8.73. The Kier molecular flexibility index (Phi) is 5.16. The Morgan fingerprint density at radius 1 is 1.11 bits per heavy atom. The van der Waals surface area contributed by atoms with E-state index in [1.807, 2.05) is 11.0 Å². The fraction of sp³-hybridized carbons (Fsp3) is 0.278. The van der Waals surface area contributed by atoms with E-state index in [9.17, 15) is 12.8 Å². The molecule has 3 heterocycles. The third-order valence-electron chi connectivity index (χ3n) is 4.51. The normalized spacial score (nSPS) is 16.3. The van der Waals surface area contributed by atoms with Gasteiger partial charge in [-0.2, -0.15) is 9.29 Å². The fourth-order valence-corrected chi connectivity index (χ4v) is 4.48. The third kappa shape index (κ3) is 3.93. The lowest BCUT2D eigenvalue weighted by Gasteiger charge is -2.33. The highest BCUT2D eigenvalue weighted by Crippen LogP contribution is 2.20. The van der Waals surface area contributed by atoms with Crippen molar-refractivity contribution in [2.75, 3.05) is 26.2 Å². The number of nitrogens with zero attached hydrogens (tertiary/aromatic N) is 5. The molecule has 1 aliphatic heterocycles. The van der Waals surface area contributed by atoms with Crippen LogP contribution in [0.25, 0.3) is 11.4 Å². The maximum absolute atomic E-state index is 13.4. The van der Waals surface area contributed by atoms with Crippen LogP contribution in [0.3, 0.4) is 0 Å². The molecule has 1 aromatic carbocycles. The van der Waals surface area contributed by atoms with E-state index in [4.69, 9.17) is 4.52 Å². The van der Waals surface area contributed by atoms with Gasteiger partial charge in [-0.1, -0.05) is 11.2 Å². The Balaban J connectivity index is 1.38. The van der Waals surface area contributed by atoms with E-state index in [1.165, 1.54) is 22.5 Å². The van der Waals surface area contributed by atoms with Crippen LogP contribution in [0, 0.1) is 5.82 Å². The smallest absolute Gasteiger partial charge is 0.243 e. The summed E-state index contributed by atoms with van der Waals surface area (Å²) >= 11 is 0. The molecule has 0 spiro atoms. The van der Waals surface area contributed by atoms with Crippen molar-refractivity contribution in [3.63, 3.8) is 0 Å². The lowest BCUT2D eigenvalue weighted by atomic mass is 10.3. The summed E-state index contributed by atoms with van der Waals surface area (Å²) in [5.41, 5.74) is 0.767. The molecule has 0 aliphatic carbocycles. The summed E-state index contributed by atoms with van der Waals surface area (Å²) in [5, 5.41) is 3.96. The molecule has 0 saturated carbocycles. The summed E-state index contributed by atoms with van der Waals surface area (Å²) < 4.78 is 45.4. The Hall–Kier alpha value is -2.69. The second kappa shape index (κ2) is 7.74. The van der Waals surface area contributed by atoms with Gasteiger partial charge in [-0.3, -0.25) is 9.88 Å². The average Bonchev–Trinajstić information content (AvgIpc) is 3.18. The van der Waals surface area contributed by atoms with Crippen LogP contribution in [0.2, 0.25) is 0 Å². The van der Waals surface area contributed by atoms with Crippen molar-refractivity contribution >= 4 is 10.0 Å². The zero-order chi connectivity index (χ0) is 19.6. The molecule has 28 heavy (non-hydrogen) atoms. The van der Waals surface area contributed by atoms with E-state index in [0.29, 0.717) is 44.4 Å². The monoisotopic (exact) mass is 403 g/mol. The molecule has 0 amide bonds. The average molecular weight is 403 g/mol. The first-order chi connectivity index (χ1) is 13.5. The van der Waals surface area contributed by atoms with Gasteiger partial charge in [-0.05, 0) is 30.3 Å².